The molecule has 4 rings (SSSR count). The van der Waals surface area contributed by atoms with Gasteiger partial charge in [-0.2, -0.15) is 9.50 Å². The van der Waals surface area contributed by atoms with E-state index in [1.54, 1.807) is 0 Å². The van der Waals surface area contributed by atoms with Gasteiger partial charge in [-0.25, -0.2) is 0 Å². The van der Waals surface area contributed by atoms with Crippen molar-refractivity contribution in [2.24, 2.45) is 0 Å². The summed E-state index contributed by atoms with van der Waals surface area (Å²) in [4.78, 5) is 20.3. The predicted molar refractivity (Wildman–Crippen MR) is 121 cm³/mol. The van der Waals surface area contributed by atoms with Gasteiger partial charge in [0.1, 0.15) is 0 Å². The lowest BCUT2D eigenvalue weighted by Crippen LogP contribution is -2.17. The summed E-state index contributed by atoms with van der Waals surface area (Å²) in [5.41, 5.74) is 4.66. The minimum Gasteiger partial charge on any atom is -0.379 e. The summed E-state index contributed by atoms with van der Waals surface area (Å²) in [5, 5.41) is 8.35. The van der Waals surface area contributed by atoms with Crippen molar-refractivity contribution in [1.82, 2.24) is 19.6 Å². The zero-order valence-corrected chi connectivity index (χ0v) is 18.2. The van der Waals surface area contributed by atoms with Crippen LogP contribution in [0.5, 0.6) is 0 Å². The van der Waals surface area contributed by atoms with E-state index in [0.717, 1.165) is 16.8 Å². The highest BCUT2D eigenvalue weighted by Crippen LogP contribution is 2.25. The van der Waals surface area contributed by atoms with Crippen LogP contribution < -0.4 is 10.9 Å². The third-order valence-corrected chi connectivity index (χ3v) is 5.30. The van der Waals surface area contributed by atoms with Crippen molar-refractivity contribution in [3.63, 3.8) is 0 Å². The lowest BCUT2D eigenvalue weighted by Gasteiger charge is -2.18. The normalized spacial score (nSPS) is 11.8. The minimum atomic E-state index is -0.228. The third-order valence-electron chi connectivity index (χ3n) is 5.06. The number of benzene rings is 2. The van der Waals surface area contributed by atoms with Crippen molar-refractivity contribution >= 4 is 23.1 Å². The fourth-order valence-corrected chi connectivity index (χ4v) is 3.42. The number of halogens is 1. The summed E-state index contributed by atoms with van der Waals surface area (Å²) < 4.78 is 1.29. The maximum atomic E-state index is 12.6. The lowest BCUT2D eigenvalue weighted by molar-refractivity contribution is 0.590. The molecular formula is C23H24ClN5O. The monoisotopic (exact) mass is 421 g/mol. The van der Waals surface area contributed by atoms with Gasteiger partial charge in [-0.3, -0.25) is 4.79 Å². The Morgan fingerprint density at radius 1 is 1.10 bits per heavy atom. The van der Waals surface area contributed by atoms with Gasteiger partial charge < -0.3 is 10.3 Å². The van der Waals surface area contributed by atoms with Crippen molar-refractivity contribution in [2.45, 2.75) is 39.7 Å². The third kappa shape index (κ3) is 4.09. The molecule has 2 aromatic heterocycles. The summed E-state index contributed by atoms with van der Waals surface area (Å²) in [6, 6.07) is 15.3. The van der Waals surface area contributed by atoms with Gasteiger partial charge in [0.25, 0.3) is 5.56 Å². The summed E-state index contributed by atoms with van der Waals surface area (Å²) >= 11 is 6.08. The summed E-state index contributed by atoms with van der Waals surface area (Å²) in [5.74, 6) is 0.927. The van der Waals surface area contributed by atoms with Gasteiger partial charge in [-0.05, 0) is 35.6 Å². The molecule has 2 heterocycles. The van der Waals surface area contributed by atoms with Crippen molar-refractivity contribution < 1.29 is 0 Å². The molecule has 154 valence electrons. The predicted octanol–water partition coefficient (Wildman–Crippen LogP) is 4.96. The van der Waals surface area contributed by atoms with Crippen LogP contribution in [0.3, 0.4) is 0 Å². The van der Waals surface area contributed by atoms with Crippen molar-refractivity contribution in [2.75, 3.05) is 5.32 Å². The summed E-state index contributed by atoms with van der Waals surface area (Å²) in [7, 11) is 0. The van der Waals surface area contributed by atoms with E-state index < -0.39 is 0 Å². The first kappa shape index (κ1) is 20.2. The number of hydrogen-bond donors (Lipinski definition) is 2. The number of aromatic amines is 1. The molecule has 4 aromatic rings. The number of H-pyrrole nitrogens is 1. The Labute approximate surface area is 179 Å². The first-order chi connectivity index (χ1) is 14.2. The number of hydrogen-bond acceptors (Lipinski definition) is 4. The smallest absolute Gasteiger partial charge is 0.275 e. The Bertz CT molecular complexity index is 1270. The van der Waals surface area contributed by atoms with Crippen molar-refractivity contribution in [1.29, 1.82) is 0 Å². The second-order valence-corrected chi connectivity index (χ2v) is 8.88. The van der Waals surface area contributed by atoms with Crippen LogP contribution in [0, 0.1) is 6.92 Å². The highest BCUT2D eigenvalue weighted by molar-refractivity contribution is 6.30. The molecular weight excluding hydrogens is 398 g/mol. The van der Waals surface area contributed by atoms with Crippen molar-refractivity contribution in [3.8, 4) is 11.4 Å². The van der Waals surface area contributed by atoms with E-state index in [2.05, 4.69) is 53.3 Å². The largest absolute Gasteiger partial charge is 0.379 e. The van der Waals surface area contributed by atoms with E-state index in [-0.39, 0.29) is 11.0 Å². The highest BCUT2D eigenvalue weighted by Gasteiger charge is 2.15. The standard InChI is InChI=1S/C23H24ClN5O/c1-14-5-10-17(24)11-19(14)25-13-18-12-20(30)29-22(26-18)27-21(28-29)15-6-8-16(9-7-15)23(2,3)4/h5-12,25H,13H2,1-4H3,(H,26,27,28). The van der Waals surface area contributed by atoms with E-state index >= 15 is 0 Å². The van der Waals surface area contributed by atoms with Crippen LogP contribution in [0.2, 0.25) is 5.02 Å². The average molecular weight is 422 g/mol. The summed E-state index contributed by atoms with van der Waals surface area (Å²) in [6.07, 6.45) is 0. The Morgan fingerprint density at radius 2 is 1.83 bits per heavy atom. The molecule has 0 fully saturated rings. The topological polar surface area (TPSA) is 75.1 Å². The Morgan fingerprint density at radius 3 is 2.53 bits per heavy atom. The second kappa shape index (κ2) is 7.61. The van der Waals surface area contributed by atoms with Gasteiger partial charge in [0.15, 0.2) is 5.82 Å². The first-order valence-electron chi connectivity index (χ1n) is 9.80. The number of aryl methyl sites for hydroxylation is 1. The molecule has 0 radical (unpaired) electrons. The molecule has 2 aromatic carbocycles. The van der Waals surface area contributed by atoms with Crippen LogP contribution >= 0.6 is 11.6 Å². The fraction of sp³-hybridized carbons (Fsp3) is 0.261. The Kier molecular flexibility index (Phi) is 5.12. The zero-order chi connectivity index (χ0) is 21.5. The number of nitrogens with zero attached hydrogens (tertiary/aromatic N) is 3. The molecule has 0 aliphatic carbocycles. The van der Waals surface area contributed by atoms with Crippen LogP contribution in [0.25, 0.3) is 17.2 Å². The van der Waals surface area contributed by atoms with Crippen LogP contribution in [-0.2, 0) is 12.0 Å². The number of rotatable bonds is 4. The molecule has 0 aliphatic rings. The highest BCUT2D eigenvalue weighted by atomic mass is 35.5. The molecule has 0 bridgehead atoms. The number of fused-ring (bicyclic) bond motifs is 1. The lowest BCUT2D eigenvalue weighted by atomic mass is 9.87. The maximum absolute atomic E-state index is 12.6. The van der Waals surface area contributed by atoms with Crippen LogP contribution in [0.1, 0.15) is 37.6 Å². The van der Waals surface area contributed by atoms with Gasteiger partial charge in [-0.15, -0.1) is 5.10 Å². The van der Waals surface area contributed by atoms with E-state index in [9.17, 15) is 4.79 Å². The maximum Gasteiger partial charge on any atom is 0.275 e. The van der Waals surface area contributed by atoms with Gasteiger partial charge in [0.05, 0.1) is 6.54 Å². The molecule has 0 unspecified atom stereocenters. The van der Waals surface area contributed by atoms with Gasteiger partial charge >= 0.3 is 0 Å². The zero-order valence-electron chi connectivity index (χ0n) is 17.5. The molecule has 7 heteroatoms. The molecule has 0 spiro atoms. The number of nitrogens with one attached hydrogen (secondary N) is 2. The molecule has 0 atom stereocenters. The van der Waals surface area contributed by atoms with Crippen LogP contribution in [0.4, 0.5) is 5.69 Å². The molecule has 0 saturated carbocycles. The second-order valence-electron chi connectivity index (χ2n) is 8.44. The Hall–Kier alpha value is -3.12. The van der Waals surface area contributed by atoms with E-state index in [4.69, 9.17) is 11.6 Å². The van der Waals surface area contributed by atoms with E-state index in [1.807, 2.05) is 37.3 Å². The number of anilines is 1. The fourth-order valence-electron chi connectivity index (χ4n) is 3.25. The molecule has 30 heavy (non-hydrogen) atoms. The minimum absolute atomic E-state index is 0.0735. The molecule has 0 aliphatic heterocycles. The number of aromatic nitrogens is 4. The van der Waals surface area contributed by atoms with Crippen LogP contribution in [-0.4, -0.2) is 19.6 Å². The van der Waals surface area contributed by atoms with E-state index in [1.165, 1.54) is 16.1 Å². The van der Waals surface area contributed by atoms with E-state index in [0.29, 0.717) is 28.9 Å². The molecule has 6 nitrogen and oxygen atoms in total. The van der Waals surface area contributed by atoms with Gasteiger partial charge in [0.2, 0.25) is 5.78 Å². The summed E-state index contributed by atoms with van der Waals surface area (Å²) in [6.45, 7) is 8.95. The molecule has 2 N–H and O–H groups in total. The average Bonchev–Trinajstić information content (AvgIpc) is 3.13. The first-order valence-corrected chi connectivity index (χ1v) is 10.2. The van der Waals surface area contributed by atoms with Gasteiger partial charge in [-0.1, -0.05) is 62.7 Å². The molecule has 0 saturated heterocycles. The SMILES string of the molecule is Cc1ccc(Cl)cc1NCc1cc(=O)n2nc(-c3ccc(C(C)(C)C)cc3)nc2[nH]1. The van der Waals surface area contributed by atoms with Crippen molar-refractivity contribution in [3.05, 3.63) is 80.7 Å². The molecule has 0 amide bonds. The van der Waals surface area contributed by atoms with Crippen LogP contribution in [0.15, 0.2) is 53.3 Å². The quantitative estimate of drug-likeness (QED) is 0.488. The Balaban J connectivity index is 1.61. The van der Waals surface area contributed by atoms with Gasteiger partial charge in [0, 0.05) is 28.0 Å².